The number of nitrogens with zero attached hydrogens (tertiary/aromatic N) is 1. The Kier molecular flexibility index (Phi) is 6.16. The van der Waals surface area contributed by atoms with Gasteiger partial charge in [-0.05, 0) is 54.1 Å². The highest BCUT2D eigenvalue weighted by atomic mass is 32.1. The van der Waals surface area contributed by atoms with Crippen molar-refractivity contribution < 1.29 is 14.3 Å². The molecule has 0 aliphatic carbocycles. The van der Waals surface area contributed by atoms with E-state index in [2.05, 4.69) is 37.5 Å². The maximum Gasteiger partial charge on any atom is 0.237 e. The molecule has 0 unspecified atom stereocenters. The number of thiophene rings is 1. The van der Waals surface area contributed by atoms with Gasteiger partial charge in [0.2, 0.25) is 12.7 Å². The summed E-state index contributed by atoms with van der Waals surface area (Å²) in [6, 6.07) is 7.97. The van der Waals surface area contributed by atoms with E-state index in [-0.39, 0.29) is 12.7 Å². The Hall–Kier alpha value is -2.05. The van der Waals surface area contributed by atoms with Gasteiger partial charge < -0.3 is 19.7 Å². The number of amides is 1. The summed E-state index contributed by atoms with van der Waals surface area (Å²) in [6.45, 7) is 8.99. The van der Waals surface area contributed by atoms with Gasteiger partial charge in [-0.25, -0.2) is 0 Å². The monoisotopic (exact) mass is 374 g/mol. The summed E-state index contributed by atoms with van der Waals surface area (Å²) in [6.07, 6.45) is 0. The van der Waals surface area contributed by atoms with Crippen molar-refractivity contribution in [2.75, 3.05) is 19.9 Å². The van der Waals surface area contributed by atoms with Crippen LogP contribution >= 0.6 is 11.3 Å². The van der Waals surface area contributed by atoms with Crippen LogP contribution in [0.1, 0.15) is 29.9 Å². The molecule has 0 saturated carbocycles. The highest BCUT2D eigenvalue weighted by molar-refractivity contribution is 7.10. The topological polar surface area (TPSA) is 50.8 Å². The first-order valence-corrected chi connectivity index (χ1v) is 9.81. The van der Waals surface area contributed by atoms with Crippen molar-refractivity contribution in [3.05, 3.63) is 45.6 Å². The van der Waals surface area contributed by atoms with Crippen LogP contribution in [-0.2, 0) is 17.9 Å². The number of carbonyl (C=O) groups excluding carboxylic acids is 1. The Morgan fingerprint density at radius 2 is 2.04 bits per heavy atom. The van der Waals surface area contributed by atoms with Crippen LogP contribution in [0.15, 0.2) is 29.6 Å². The smallest absolute Gasteiger partial charge is 0.237 e. The fourth-order valence-corrected chi connectivity index (χ4v) is 3.73. The van der Waals surface area contributed by atoms with Gasteiger partial charge in [0.05, 0.1) is 13.1 Å². The lowest BCUT2D eigenvalue weighted by Crippen LogP contribution is -2.38. The number of aryl methyl sites for hydroxylation is 1. The molecule has 0 saturated heterocycles. The van der Waals surface area contributed by atoms with Gasteiger partial charge in [-0.2, -0.15) is 0 Å². The molecule has 3 rings (SSSR count). The first kappa shape index (κ1) is 18.7. The SMILES string of the molecule is Cc1ccsc1CN(Cc1ccc2c(c1)OCO2)C(=O)CNCC(C)C. The van der Waals surface area contributed by atoms with Crippen molar-refractivity contribution in [1.29, 1.82) is 0 Å². The molecule has 1 aromatic heterocycles. The predicted octanol–water partition coefficient (Wildman–Crippen LogP) is 3.56. The Balaban J connectivity index is 1.71. The van der Waals surface area contributed by atoms with E-state index in [0.717, 1.165) is 23.6 Å². The average molecular weight is 375 g/mol. The third kappa shape index (κ3) is 4.77. The van der Waals surface area contributed by atoms with Crippen LogP contribution in [0.5, 0.6) is 11.5 Å². The van der Waals surface area contributed by atoms with E-state index >= 15 is 0 Å². The molecule has 2 heterocycles. The van der Waals surface area contributed by atoms with Gasteiger partial charge in [0, 0.05) is 11.4 Å². The highest BCUT2D eigenvalue weighted by Crippen LogP contribution is 2.33. The molecule has 0 atom stereocenters. The molecule has 1 aliphatic rings. The van der Waals surface area contributed by atoms with Crippen molar-refractivity contribution in [2.24, 2.45) is 5.92 Å². The van der Waals surface area contributed by atoms with Gasteiger partial charge in [-0.1, -0.05) is 19.9 Å². The van der Waals surface area contributed by atoms with Gasteiger partial charge >= 0.3 is 0 Å². The van der Waals surface area contributed by atoms with Gasteiger partial charge in [0.1, 0.15) is 0 Å². The van der Waals surface area contributed by atoms with Gasteiger partial charge in [-0.3, -0.25) is 4.79 Å². The molecule has 140 valence electrons. The number of hydrogen-bond acceptors (Lipinski definition) is 5. The summed E-state index contributed by atoms with van der Waals surface area (Å²) >= 11 is 1.70. The summed E-state index contributed by atoms with van der Waals surface area (Å²) < 4.78 is 10.8. The second-order valence-electron chi connectivity index (χ2n) is 6.99. The van der Waals surface area contributed by atoms with Crippen LogP contribution in [-0.4, -0.2) is 30.7 Å². The maximum atomic E-state index is 12.8. The second-order valence-corrected chi connectivity index (χ2v) is 7.99. The third-order valence-electron chi connectivity index (χ3n) is 4.29. The minimum absolute atomic E-state index is 0.108. The molecule has 1 amide bonds. The summed E-state index contributed by atoms with van der Waals surface area (Å²) in [5, 5.41) is 5.33. The fourth-order valence-electron chi connectivity index (χ4n) is 2.81. The lowest BCUT2D eigenvalue weighted by Gasteiger charge is -2.23. The normalized spacial score (nSPS) is 12.6. The van der Waals surface area contributed by atoms with Crippen molar-refractivity contribution in [3.8, 4) is 11.5 Å². The van der Waals surface area contributed by atoms with Crippen LogP contribution in [0.25, 0.3) is 0 Å². The minimum Gasteiger partial charge on any atom is -0.454 e. The largest absolute Gasteiger partial charge is 0.454 e. The Morgan fingerprint density at radius 3 is 2.77 bits per heavy atom. The van der Waals surface area contributed by atoms with Gasteiger partial charge in [-0.15, -0.1) is 11.3 Å². The zero-order valence-corrected chi connectivity index (χ0v) is 16.4. The molecule has 0 fully saturated rings. The Labute approximate surface area is 158 Å². The summed E-state index contributed by atoms with van der Waals surface area (Å²) in [5.74, 6) is 2.14. The van der Waals surface area contributed by atoms with Crippen molar-refractivity contribution in [3.63, 3.8) is 0 Å². The van der Waals surface area contributed by atoms with Gasteiger partial charge in [0.25, 0.3) is 0 Å². The number of ether oxygens (including phenoxy) is 2. The molecule has 6 heteroatoms. The van der Waals surface area contributed by atoms with Crippen molar-refractivity contribution in [2.45, 2.75) is 33.9 Å². The van der Waals surface area contributed by atoms with E-state index < -0.39 is 0 Å². The van der Waals surface area contributed by atoms with Crippen molar-refractivity contribution >= 4 is 17.2 Å². The summed E-state index contributed by atoms with van der Waals surface area (Å²) in [5.41, 5.74) is 2.27. The molecule has 26 heavy (non-hydrogen) atoms. The average Bonchev–Trinajstić information content (AvgIpc) is 3.22. The van der Waals surface area contributed by atoms with E-state index in [0.29, 0.717) is 25.6 Å². The van der Waals surface area contributed by atoms with Crippen LogP contribution in [0, 0.1) is 12.8 Å². The third-order valence-corrected chi connectivity index (χ3v) is 5.30. The fraction of sp³-hybridized carbons (Fsp3) is 0.450. The first-order chi connectivity index (χ1) is 12.5. The van der Waals surface area contributed by atoms with E-state index in [1.807, 2.05) is 23.1 Å². The molecule has 0 bridgehead atoms. The quantitative estimate of drug-likeness (QED) is 0.768. The summed E-state index contributed by atoms with van der Waals surface area (Å²) in [4.78, 5) is 15.9. The Bertz CT molecular complexity index is 757. The molecular formula is C20H26N2O3S. The number of carbonyl (C=O) groups is 1. The second kappa shape index (κ2) is 8.56. The van der Waals surface area contributed by atoms with E-state index in [1.54, 1.807) is 11.3 Å². The van der Waals surface area contributed by atoms with E-state index in [1.165, 1.54) is 10.4 Å². The van der Waals surface area contributed by atoms with Crippen LogP contribution in [0.4, 0.5) is 0 Å². The van der Waals surface area contributed by atoms with E-state index in [4.69, 9.17) is 9.47 Å². The zero-order chi connectivity index (χ0) is 18.5. The molecule has 1 N–H and O–H groups in total. The number of rotatable bonds is 8. The Morgan fingerprint density at radius 1 is 1.23 bits per heavy atom. The van der Waals surface area contributed by atoms with Crippen molar-refractivity contribution in [1.82, 2.24) is 10.2 Å². The number of nitrogens with one attached hydrogen (secondary N) is 1. The molecule has 0 spiro atoms. The number of hydrogen-bond donors (Lipinski definition) is 1. The first-order valence-electron chi connectivity index (χ1n) is 8.93. The highest BCUT2D eigenvalue weighted by Gasteiger charge is 2.19. The lowest BCUT2D eigenvalue weighted by molar-refractivity contribution is -0.131. The molecule has 5 nitrogen and oxygen atoms in total. The van der Waals surface area contributed by atoms with E-state index in [9.17, 15) is 4.79 Å². The molecule has 1 aromatic carbocycles. The number of benzene rings is 1. The minimum atomic E-state index is 0.108. The molecule has 1 aliphatic heterocycles. The van der Waals surface area contributed by atoms with Crippen LogP contribution < -0.4 is 14.8 Å². The molecule has 2 aromatic rings. The molecule has 0 radical (unpaired) electrons. The summed E-state index contributed by atoms with van der Waals surface area (Å²) in [7, 11) is 0. The molecular weight excluding hydrogens is 348 g/mol. The zero-order valence-electron chi connectivity index (χ0n) is 15.6. The number of fused-ring (bicyclic) bond motifs is 1. The van der Waals surface area contributed by atoms with Gasteiger partial charge in [0.15, 0.2) is 11.5 Å². The predicted molar refractivity (Wildman–Crippen MR) is 104 cm³/mol. The standard InChI is InChI=1S/C20H26N2O3S/c1-14(2)9-21-10-20(23)22(12-19-15(3)6-7-26-19)11-16-4-5-17-18(8-16)25-13-24-17/h4-8,14,21H,9-13H2,1-3H3. The maximum absolute atomic E-state index is 12.8. The lowest BCUT2D eigenvalue weighted by atomic mass is 10.1. The van der Waals surface area contributed by atoms with Crippen LogP contribution in [0.2, 0.25) is 0 Å². The van der Waals surface area contributed by atoms with Crippen LogP contribution in [0.3, 0.4) is 0 Å².